The molecule has 0 aromatic carbocycles. The molecule has 4 fully saturated rings. The number of carbonyl (C=O) groups excluding carboxylic acids is 1. The first-order chi connectivity index (χ1) is 9.78. The monoisotopic (exact) mass is 288 g/mol. The first-order valence-electron chi connectivity index (χ1n) is 7.92. The van der Waals surface area contributed by atoms with Crippen LogP contribution in [0.5, 0.6) is 0 Å². The lowest BCUT2D eigenvalue weighted by molar-refractivity contribution is -0.134. The molecule has 106 valence electrons. The summed E-state index contributed by atoms with van der Waals surface area (Å²) in [6, 6.07) is 4.80. The standard InChI is InChI=1S/C16H20N2OS/c19-15-16(7-8-16)17-14(12-2-1-9-20-12)18(15)13(10-3-4-10)11-5-6-11/h1-2,9-11,13-14,17H,3-8H2. The van der Waals surface area contributed by atoms with Crippen LogP contribution >= 0.6 is 11.3 Å². The van der Waals surface area contributed by atoms with Crippen LogP contribution in [0.1, 0.15) is 49.6 Å². The second kappa shape index (κ2) is 3.86. The topological polar surface area (TPSA) is 32.3 Å². The number of carbonyl (C=O) groups is 1. The number of hydrogen-bond donors (Lipinski definition) is 1. The third-order valence-electron chi connectivity index (χ3n) is 5.43. The summed E-state index contributed by atoms with van der Waals surface area (Å²) >= 11 is 1.78. The zero-order valence-electron chi connectivity index (χ0n) is 11.5. The Kier molecular flexibility index (Phi) is 2.27. The zero-order chi connectivity index (χ0) is 13.3. The Balaban J connectivity index is 1.54. The normalized spacial score (nSPS) is 31.6. The Labute approximate surface area is 123 Å². The minimum atomic E-state index is -0.184. The first-order valence-corrected chi connectivity index (χ1v) is 8.80. The van der Waals surface area contributed by atoms with E-state index in [4.69, 9.17) is 0 Å². The van der Waals surface area contributed by atoms with Crippen molar-refractivity contribution >= 4 is 17.2 Å². The van der Waals surface area contributed by atoms with Gasteiger partial charge < -0.3 is 4.90 Å². The van der Waals surface area contributed by atoms with Crippen molar-refractivity contribution in [2.75, 3.05) is 0 Å². The molecule has 3 saturated carbocycles. The summed E-state index contributed by atoms with van der Waals surface area (Å²) in [5.41, 5.74) is -0.184. The predicted molar refractivity (Wildman–Crippen MR) is 78.2 cm³/mol. The first kappa shape index (κ1) is 11.8. The van der Waals surface area contributed by atoms with Gasteiger partial charge in [0, 0.05) is 10.9 Å². The lowest BCUT2D eigenvalue weighted by Crippen LogP contribution is -2.43. The van der Waals surface area contributed by atoms with E-state index in [1.165, 1.54) is 30.6 Å². The van der Waals surface area contributed by atoms with Crippen molar-refractivity contribution in [1.29, 1.82) is 0 Å². The van der Waals surface area contributed by atoms with Gasteiger partial charge in [-0.3, -0.25) is 10.1 Å². The molecule has 3 nitrogen and oxygen atoms in total. The van der Waals surface area contributed by atoms with E-state index in [1.807, 2.05) is 0 Å². The van der Waals surface area contributed by atoms with Crippen molar-refractivity contribution in [2.45, 2.75) is 56.3 Å². The van der Waals surface area contributed by atoms with Gasteiger partial charge in [0.1, 0.15) is 11.7 Å². The van der Waals surface area contributed by atoms with E-state index in [0.717, 1.165) is 24.7 Å². The molecule has 1 spiro atoms. The largest absolute Gasteiger partial charge is 0.317 e. The van der Waals surface area contributed by atoms with E-state index >= 15 is 0 Å². The molecule has 20 heavy (non-hydrogen) atoms. The highest BCUT2D eigenvalue weighted by atomic mass is 32.1. The Morgan fingerprint density at radius 3 is 2.45 bits per heavy atom. The van der Waals surface area contributed by atoms with Gasteiger partial charge in [-0.25, -0.2) is 0 Å². The van der Waals surface area contributed by atoms with Crippen molar-refractivity contribution in [3.05, 3.63) is 22.4 Å². The lowest BCUT2D eigenvalue weighted by atomic mass is 10.0. The van der Waals surface area contributed by atoms with E-state index in [1.54, 1.807) is 11.3 Å². The van der Waals surface area contributed by atoms with Crippen LogP contribution in [0, 0.1) is 11.8 Å². The van der Waals surface area contributed by atoms with Crippen molar-refractivity contribution in [1.82, 2.24) is 10.2 Å². The maximum Gasteiger partial charge on any atom is 0.244 e. The van der Waals surface area contributed by atoms with Crippen LogP contribution in [0.2, 0.25) is 0 Å². The number of nitrogens with zero attached hydrogens (tertiary/aromatic N) is 1. The molecule has 0 bridgehead atoms. The highest BCUT2D eigenvalue weighted by molar-refractivity contribution is 7.10. The molecule has 1 atom stereocenters. The molecule has 1 amide bonds. The van der Waals surface area contributed by atoms with E-state index < -0.39 is 0 Å². The highest BCUT2D eigenvalue weighted by Gasteiger charge is 2.63. The predicted octanol–water partition coefficient (Wildman–Crippen LogP) is 2.90. The van der Waals surface area contributed by atoms with E-state index in [9.17, 15) is 4.79 Å². The smallest absolute Gasteiger partial charge is 0.244 e. The van der Waals surface area contributed by atoms with Gasteiger partial charge in [-0.2, -0.15) is 0 Å². The summed E-state index contributed by atoms with van der Waals surface area (Å²) in [5, 5.41) is 5.80. The average molecular weight is 288 g/mol. The molecule has 2 heterocycles. The molecule has 4 aliphatic rings. The van der Waals surface area contributed by atoms with Gasteiger partial charge in [0.25, 0.3) is 0 Å². The van der Waals surface area contributed by atoms with Crippen molar-refractivity contribution in [3.63, 3.8) is 0 Å². The maximum atomic E-state index is 13.0. The van der Waals surface area contributed by atoms with Crippen LogP contribution in [0.3, 0.4) is 0 Å². The SMILES string of the molecule is O=C1N(C(C2CC2)C2CC2)C(c2cccs2)NC12CC2. The number of nitrogens with one attached hydrogen (secondary N) is 1. The fraction of sp³-hybridized carbons (Fsp3) is 0.688. The fourth-order valence-electron chi connectivity index (χ4n) is 3.92. The van der Waals surface area contributed by atoms with Crippen LogP contribution in [0.15, 0.2) is 17.5 Å². The van der Waals surface area contributed by atoms with E-state index in [0.29, 0.717) is 11.9 Å². The van der Waals surface area contributed by atoms with E-state index in [2.05, 4.69) is 27.7 Å². The third kappa shape index (κ3) is 1.64. The number of rotatable bonds is 4. The Morgan fingerprint density at radius 2 is 1.95 bits per heavy atom. The van der Waals surface area contributed by atoms with Gasteiger partial charge in [-0.1, -0.05) is 6.07 Å². The van der Waals surface area contributed by atoms with Gasteiger partial charge in [0.05, 0.1) is 0 Å². The fourth-order valence-corrected chi connectivity index (χ4v) is 4.69. The Bertz CT molecular complexity index is 531. The molecule has 0 radical (unpaired) electrons. The van der Waals surface area contributed by atoms with Crippen LogP contribution in [0.4, 0.5) is 0 Å². The second-order valence-electron chi connectivity index (χ2n) is 7.02. The minimum Gasteiger partial charge on any atom is -0.317 e. The summed E-state index contributed by atoms with van der Waals surface area (Å²) in [6.45, 7) is 0. The number of thiophene rings is 1. The summed E-state index contributed by atoms with van der Waals surface area (Å²) in [5.74, 6) is 1.97. The van der Waals surface area contributed by atoms with Gasteiger partial charge in [0.15, 0.2) is 0 Å². The highest BCUT2D eigenvalue weighted by Crippen LogP contribution is 2.54. The molecule has 4 heteroatoms. The quantitative estimate of drug-likeness (QED) is 0.924. The second-order valence-corrected chi connectivity index (χ2v) is 8.00. The zero-order valence-corrected chi connectivity index (χ0v) is 12.4. The van der Waals surface area contributed by atoms with Crippen LogP contribution in [-0.4, -0.2) is 22.4 Å². The summed E-state index contributed by atoms with van der Waals surface area (Å²) < 4.78 is 0. The average Bonchev–Trinajstić information content (AvgIpc) is 3.31. The van der Waals surface area contributed by atoms with Gasteiger partial charge >= 0.3 is 0 Å². The van der Waals surface area contributed by atoms with Crippen LogP contribution in [0.25, 0.3) is 0 Å². The summed E-state index contributed by atoms with van der Waals surface area (Å²) in [6.07, 6.45) is 7.53. The number of hydrogen-bond acceptors (Lipinski definition) is 3. The minimum absolute atomic E-state index is 0.149. The summed E-state index contributed by atoms with van der Waals surface area (Å²) in [4.78, 5) is 16.6. The van der Waals surface area contributed by atoms with Crippen molar-refractivity contribution in [3.8, 4) is 0 Å². The molecule has 1 N–H and O–H groups in total. The molecule has 5 rings (SSSR count). The molecular weight excluding hydrogens is 268 g/mol. The van der Waals surface area contributed by atoms with Crippen molar-refractivity contribution < 1.29 is 4.79 Å². The van der Waals surface area contributed by atoms with E-state index in [-0.39, 0.29) is 11.7 Å². The molecule has 1 saturated heterocycles. The maximum absolute atomic E-state index is 13.0. The molecule has 1 unspecified atom stereocenters. The van der Waals surface area contributed by atoms with Crippen LogP contribution < -0.4 is 5.32 Å². The molecular formula is C16H20N2OS. The molecule has 1 aliphatic heterocycles. The molecule has 1 aromatic rings. The van der Waals surface area contributed by atoms with Gasteiger partial charge in [-0.05, 0) is 61.8 Å². The Hall–Kier alpha value is -0.870. The van der Waals surface area contributed by atoms with Gasteiger partial charge in [-0.15, -0.1) is 11.3 Å². The Morgan fingerprint density at radius 1 is 1.25 bits per heavy atom. The number of amides is 1. The van der Waals surface area contributed by atoms with Crippen LogP contribution in [-0.2, 0) is 4.79 Å². The van der Waals surface area contributed by atoms with Crippen molar-refractivity contribution in [2.24, 2.45) is 11.8 Å². The molecule has 3 aliphatic carbocycles. The third-order valence-corrected chi connectivity index (χ3v) is 6.35. The summed E-state index contributed by atoms with van der Waals surface area (Å²) in [7, 11) is 0. The lowest BCUT2D eigenvalue weighted by Gasteiger charge is -2.33. The molecule has 1 aromatic heterocycles. The van der Waals surface area contributed by atoms with Gasteiger partial charge in [0.2, 0.25) is 5.91 Å².